The number of ether oxygens (including phenoxy) is 4. The summed E-state index contributed by atoms with van der Waals surface area (Å²) in [4.78, 5) is 12.7. The molecule has 6 heteroatoms. The van der Waals surface area contributed by atoms with Gasteiger partial charge in [-0.3, -0.25) is 4.79 Å². The van der Waals surface area contributed by atoms with Gasteiger partial charge in [0.05, 0.1) is 27.4 Å². The van der Waals surface area contributed by atoms with Gasteiger partial charge in [-0.2, -0.15) is 0 Å². The van der Waals surface area contributed by atoms with E-state index >= 15 is 0 Å². The number of fused-ring (bicyclic) bond motifs is 1. The molecule has 1 amide bonds. The maximum absolute atomic E-state index is 12.7. The quantitative estimate of drug-likeness (QED) is 0.712. The molecule has 30 heavy (non-hydrogen) atoms. The average Bonchev–Trinajstić information content (AvgIpc) is 2.71. The third-order valence-corrected chi connectivity index (χ3v) is 5.09. The standard InChI is InChI=1S/C24H29NO5/c1-15-7-10-19-17(13-15)18(14-24(2,3)30-19)25-21(26)12-9-16-8-11-20(27-4)23(29-6)22(16)28-5/h7-13,18H,14H2,1-6H3,(H,25,26)/b12-9+/t18-/m1/s1. The molecular weight excluding hydrogens is 382 g/mol. The number of methoxy groups -OCH3 is 3. The van der Waals surface area contributed by atoms with E-state index in [4.69, 9.17) is 18.9 Å². The highest BCUT2D eigenvalue weighted by atomic mass is 16.5. The Bertz CT molecular complexity index is 964. The first kappa shape index (κ1) is 21.6. The van der Waals surface area contributed by atoms with E-state index in [1.54, 1.807) is 33.5 Å². The van der Waals surface area contributed by atoms with E-state index in [1.165, 1.54) is 6.08 Å². The molecule has 0 saturated carbocycles. The molecule has 1 N–H and O–H groups in total. The number of hydrogen-bond acceptors (Lipinski definition) is 5. The summed E-state index contributed by atoms with van der Waals surface area (Å²) >= 11 is 0. The lowest BCUT2D eigenvalue weighted by molar-refractivity contribution is -0.117. The number of amides is 1. The molecule has 1 heterocycles. The molecule has 0 saturated heterocycles. The Morgan fingerprint density at radius 1 is 1.10 bits per heavy atom. The predicted molar refractivity (Wildman–Crippen MR) is 117 cm³/mol. The van der Waals surface area contributed by atoms with E-state index in [0.717, 1.165) is 16.9 Å². The molecule has 0 fully saturated rings. The molecule has 0 aliphatic carbocycles. The van der Waals surface area contributed by atoms with E-state index < -0.39 is 0 Å². The number of carbonyl (C=O) groups excluding carboxylic acids is 1. The largest absolute Gasteiger partial charge is 0.493 e. The van der Waals surface area contributed by atoms with Crippen LogP contribution in [0.2, 0.25) is 0 Å². The highest BCUT2D eigenvalue weighted by molar-refractivity contribution is 5.92. The number of carbonyl (C=O) groups is 1. The van der Waals surface area contributed by atoms with E-state index in [1.807, 2.05) is 39.0 Å². The molecule has 1 atom stereocenters. The Morgan fingerprint density at radius 3 is 2.50 bits per heavy atom. The first-order valence-corrected chi connectivity index (χ1v) is 9.85. The molecule has 160 valence electrons. The van der Waals surface area contributed by atoms with Crippen molar-refractivity contribution in [1.29, 1.82) is 0 Å². The van der Waals surface area contributed by atoms with Gasteiger partial charge in [0.1, 0.15) is 11.4 Å². The second-order valence-corrected chi connectivity index (χ2v) is 7.93. The normalized spacial score (nSPS) is 17.1. The Balaban J connectivity index is 1.83. The van der Waals surface area contributed by atoms with Crippen LogP contribution >= 0.6 is 0 Å². The van der Waals surface area contributed by atoms with Crippen LogP contribution in [0, 0.1) is 6.92 Å². The second-order valence-electron chi connectivity index (χ2n) is 7.93. The fourth-order valence-corrected chi connectivity index (χ4v) is 3.74. The molecule has 0 aromatic heterocycles. The van der Waals surface area contributed by atoms with Crippen molar-refractivity contribution in [3.8, 4) is 23.0 Å². The highest BCUT2D eigenvalue weighted by Gasteiger charge is 2.34. The van der Waals surface area contributed by atoms with Gasteiger partial charge in [0.2, 0.25) is 11.7 Å². The lowest BCUT2D eigenvalue weighted by Crippen LogP contribution is -2.41. The maximum Gasteiger partial charge on any atom is 0.244 e. The monoisotopic (exact) mass is 411 g/mol. The van der Waals surface area contributed by atoms with Gasteiger partial charge in [0.15, 0.2) is 11.5 Å². The van der Waals surface area contributed by atoms with Gasteiger partial charge in [-0.05, 0) is 45.0 Å². The van der Waals surface area contributed by atoms with E-state index in [0.29, 0.717) is 29.2 Å². The topological polar surface area (TPSA) is 66.0 Å². The summed E-state index contributed by atoms with van der Waals surface area (Å²) in [7, 11) is 4.67. The van der Waals surface area contributed by atoms with Crippen LogP contribution in [0.3, 0.4) is 0 Å². The van der Waals surface area contributed by atoms with E-state index in [2.05, 4.69) is 11.4 Å². The minimum atomic E-state index is -0.365. The summed E-state index contributed by atoms with van der Waals surface area (Å²) in [5, 5.41) is 3.11. The maximum atomic E-state index is 12.7. The summed E-state index contributed by atoms with van der Waals surface area (Å²) in [6, 6.07) is 9.51. The average molecular weight is 411 g/mol. The molecule has 1 aliphatic heterocycles. The molecule has 1 aliphatic rings. The SMILES string of the molecule is COc1ccc(/C=C/C(=O)N[C@@H]2CC(C)(C)Oc3ccc(C)cc32)c(OC)c1OC. The van der Waals surface area contributed by atoms with Crippen LogP contribution in [0.15, 0.2) is 36.4 Å². The lowest BCUT2D eigenvalue weighted by Gasteiger charge is -2.38. The Morgan fingerprint density at radius 2 is 1.83 bits per heavy atom. The number of nitrogens with one attached hydrogen (secondary N) is 1. The third kappa shape index (κ3) is 4.53. The van der Waals surface area contributed by atoms with Crippen molar-refractivity contribution in [2.45, 2.75) is 38.8 Å². The van der Waals surface area contributed by atoms with Crippen LogP contribution in [0.25, 0.3) is 6.08 Å². The van der Waals surface area contributed by atoms with Gasteiger partial charge in [0, 0.05) is 23.6 Å². The number of hydrogen-bond donors (Lipinski definition) is 1. The molecular formula is C24H29NO5. The molecule has 0 unspecified atom stereocenters. The second kappa shape index (κ2) is 8.69. The van der Waals surface area contributed by atoms with Crippen molar-refractivity contribution >= 4 is 12.0 Å². The van der Waals surface area contributed by atoms with Crippen molar-refractivity contribution in [3.05, 3.63) is 53.1 Å². The predicted octanol–water partition coefficient (Wildman–Crippen LogP) is 4.45. The van der Waals surface area contributed by atoms with Crippen molar-refractivity contribution in [3.63, 3.8) is 0 Å². The van der Waals surface area contributed by atoms with Gasteiger partial charge in [-0.1, -0.05) is 17.7 Å². The smallest absolute Gasteiger partial charge is 0.244 e. The third-order valence-electron chi connectivity index (χ3n) is 5.09. The Hall–Kier alpha value is -3.15. The van der Waals surface area contributed by atoms with Crippen molar-refractivity contribution < 1.29 is 23.7 Å². The van der Waals surface area contributed by atoms with Gasteiger partial charge in [-0.25, -0.2) is 0 Å². The minimum absolute atomic E-state index is 0.131. The summed E-state index contributed by atoms with van der Waals surface area (Å²) in [6.45, 7) is 6.08. The van der Waals surface area contributed by atoms with Crippen molar-refractivity contribution in [1.82, 2.24) is 5.32 Å². The Labute approximate surface area is 177 Å². The summed E-state index contributed by atoms with van der Waals surface area (Å²) < 4.78 is 22.3. The zero-order valence-corrected chi connectivity index (χ0v) is 18.4. The van der Waals surface area contributed by atoms with Gasteiger partial charge < -0.3 is 24.3 Å². The van der Waals surface area contributed by atoms with Crippen LogP contribution in [0.1, 0.15) is 43.0 Å². The fraction of sp³-hybridized carbons (Fsp3) is 0.375. The first-order chi connectivity index (χ1) is 14.3. The van der Waals surface area contributed by atoms with Crippen LogP contribution < -0.4 is 24.3 Å². The van der Waals surface area contributed by atoms with E-state index in [-0.39, 0.29) is 17.6 Å². The van der Waals surface area contributed by atoms with Gasteiger partial charge in [-0.15, -0.1) is 0 Å². The zero-order chi connectivity index (χ0) is 21.9. The summed E-state index contributed by atoms with van der Waals surface area (Å²) in [5.74, 6) is 2.18. The van der Waals surface area contributed by atoms with Crippen LogP contribution in [0.4, 0.5) is 0 Å². The Kier molecular flexibility index (Phi) is 6.25. The van der Waals surface area contributed by atoms with Crippen LogP contribution in [-0.2, 0) is 4.79 Å². The van der Waals surface area contributed by atoms with E-state index in [9.17, 15) is 4.79 Å². The van der Waals surface area contributed by atoms with Crippen molar-refractivity contribution in [2.75, 3.05) is 21.3 Å². The molecule has 0 spiro atoms. The summed E-state index contributed by atoms with van der Waals surface area (Å²) in [6.07, 6.45) is 3.89. The van der Waals surface area contributed by atoms with Gasteiger partial charge in [0.25, 0.3) is 0 Å². The lowest BCUT2D eigenvalue weighted by atomic mass is 9.89. The fourth-order valence-electron chi connectivity index (χ4n) is 3.74. The number of aryl methyl sites for hydroxylation is 1. The number of benzene rings is 2. The number of rotatable bonds is 6. The van der Waals surface area contributed by atoms with Gasteiger partial charge >= 0.3 is 0 Å². The highest BCUT2D eigenvalue weighted by Crippen LogP contribution is 2.41. The summed E-state index contributed by atoms with van der Waals surface area (Å²) in [5.41, 5.74) is 2.48. The van der Waals surface area contributed by atoms with Crippen LogP contribution in [-0.4, -0.2) is 32.8 Å². The molecule has 2 aromatic rings. The zero-order valence-electron chi connectivity index (χ0n) is 18.4. The minimum Gasteiger partial charge on any atom is -0.493 e. The molecule has 0 bridgehead atoms. The van der Waals surface area contributed by atoms with Crippen molar-refractivity contribution in [2.24, 2.45) is 0 Å². The molecule has 0 radical (unpaired) electrons. The molecule has 6 nitrogen and oxygen atoms in total. The van der Waals surface area contributed by atoms with Crippen LogP contribution in [0.5, 0.6) is 23.0 Å². The molecule has 3 rings (SSSR count). The molecule has 2 aromatic carbocycles. The first-order valence-electron chi connectivity index (χ1n) is 9.85.